The molecule has 1 unspecified atom stereocenters. The summed E-state index contributed by atoms with van der Waals surface area (Å²) in [7, 11) is 0. The second-order valence-corrected chi connectivity index (χ2v) is 5.15. The van der Waals surface area contributed by atoms with Crippen LogP contribution >= 0.6 is 0 Å². The molecular weight excluding hydrogens is 236 g/mol. The van der Waals surface area contributed by atoms with Gasteiger partial charge in [-0.2, -0.15) is 0 Å². The molecule has 1 aliphatic carbocycles. The summed E-state index contributed by atoms with van der Waals surface area (Å²) < 4.78 is 0. The Bertz CT molecular complexity index is 493. The van der Waals surface area contributed by atoms with Crippen molar-refractivity contribution in [1.29, 1.82) is 0 Å². The molecule has 0 aliphatic heterocycles. The molecule has 1 aromatic rings. The molecule has 2 rings (SSSR count). The lowest BCUT2D eigenvalue weighted by atomic mass is 10.1. The Balaban J connectivity index is 2.41. The molecule has 0 aromatic heterocycles. The minimum Gasteiger partial charge on any atom is -0.478 e. The number of hydrogen-bond acceptors (Lipinski definition) is 4. The predicted octanol–water partition coefficient (Wildman–Crippen LogP) is 2.50. The number of rotatable bonds is 4. The molecule has 1 saturated carbocycles. The molecule has 2 N–H and O–H groups in total. The van der Waals surface area contributed by atoms with E-state index in [0.717, 1.165) is 6.42 Å². The van der Waals surface area contributed by atoms with Crippen LogP contribution in [0.25, 0.3) is 0 Å². The van der Waals surface area contributed by atoms with Gasteiger partial charge in [0.1, 0.15) is 5.69 Å². The molecule has 6 nitrogen and oxygen atoms in total. The van der Waals surface area contributed by atoms with Gasteiger partial charge in [-0.1, -0.05) is 19.9 Å². The number of anilines is 1. The monoisotopic (exact) mass is 250 g/mol. The van der Waals surface area contributed by atoms with Crippen molar-refractivity contribution in [3.8, 4) is 0 Å². The third kappa shape index (κ3) is 2.13. The summed E-state index contributed by atoms with van der Waals surface area (Å²) in [6, 6.07) is 4.14. The number of nitrogens with zero attached hydrogens (tertiary/aromatic N) is 1. The quantitative estimate of drug-likeness (QED) is 0.632. The third-order valence-corrected chi connectivity index (χ3v) is 3.30. The Hall–Kier alpha value is -2.11. The molecule has 6 heteroatoms. The molecule has 1 aromatic carbocycles. The van der Waals surface area contributed by atoms with E-state index in [1.165, 1.54) is 18.2 Å². The molecule has 0 heterocycles. The van der Waals surface area contributed by atoms with Crippen molar-refractivity contribution in [1.82, 2.24) is 0 Å². The van der Waals surface area contributed by atoms with E-state index in [0.29, 0.717) is 0 Å². The molecule has 1 fully saturated rings. The highest BCUT2D eigenvalue weighted by atomic mass is 16.6. The summed E-state index contributed by atoms with van der Waals surface area (Å²) >= 11 is 0. The van der Waals surface area contributed by atoms with Crippen LogP contribution in [-0.4, -0.2) is 22.0 Å². The van der Waals surface area contributed by atoms with Crippen LogP contribution in [0.15, 0.2) is 18.2 Å². The average molecular weight is 250 g/mol. The molecule has 0 amide bonds. The molecule has 18 heavy (non-hydrogen) atoms. The summed E-state index contributed by atoms with van der Waals surface area (Å²) in [6.45, 7) is 4.06. The van der Waals surface area contributed by atoms with Gasteiger partial charge in [0, 0.05) is 12.1 Å². The molecular formula is C12H14N2O4. The van der Waals surface area contributed by atoms with Crippen LogP contribution in [0, 0.1) is 15.5 Å². The first kappa shape index (κ1) is 12.3. The van der Waals surface area contributed by atoms with Crippen LogP contribution in [0.1, 0.15) is 30.6 Å². The van der Waals surface area contributed by atoms with Gasteiger partial charge in [0.25, 0.3) is 5.69 Å². The maximum Gasteiger partial charge on any atom is 0.338 e. The summed E-state index contributed by atoms with van der Waals surface area (Å²) in [4.78, 5) is 21.5. The highest BCUT2D eigenvalue weighted by molar-refractivity contribution is 5.97. The Morgan fingerprint density at radius 1 is 1.56 bits per heavy atom. The number of nitro benzene ring substituents is 1. The average Bonchev–Trinajstić information content (AvgIpc) is 2.85. The molecule has 96 valence electrons. The van der Waals surface area contributed by atoms with Gasteiger partial charge in [0.05, 0.1) is 10.5 Å². The van der Waals surface area contributed by atoms with Crippen molar-refractivity contribution >= 4 is 17.3 Å². The number of nitro groups is 1. The SMILES string of the molecule is CC1(C)CC1Nc1c(C(=O)O)cccc1[N+](=O)[O-]. The van der Waals surface area contributed by atoms with Gasteiger partial charge in [-0.3, -0.25) is 10.1 Å². The second-order valence-electron chi connectivity index (χ2n) is 5.15. The van der Waals surface area contributed by atoms with E-state index >= 15 is 0 Å². The Morgan fingerprint density at radius 3 is 2.61 bits per heavy atom. The number of nitrogens with one attached hydrogen (secondary N) is 1. The topological polar surface area (TPSA) is 92.5 Å². The molecule has 0 saturated heterocycles. The van der Waals surface area contributed by atoms with Crippen molar-refractivity contribution in [3.05, 3.63) is 33.9 Å². The van der Waals surface area contributed by atoms with Gasteiger partial charge < -0.3 is 10.4 Å². The minimum atomic E-state index is -1.17. The van der Waals surface area contributed by atoms with Gasteiger partial charge in [0.15, 0.2) is 0 Å². The van der Waals surface area contributed by atoms with Crippen molar-refractivity contribution in [3.63, 3.8) is 0 Å². The van der Waals surface area contributed by atoms with E-state index in [1.807, 2.05) is 13.8 Å². The zero-order chi connectivity index (χ0) is 13.5. The Morgan fingerprint density at radius 2 is 2.17 bits per heavy atom. The molecule has 1 aliphatic rings. The lowest BCUT2D eigenvalue weighted by molar-refractivity contribution is -0.384. The number of carboxylic acids is 1. The standard InChI is InChI=1S/C12H14N2O4/c1-12(2)6-9(12)13-10-7(11(15)16)4-3-5-8(10)14(17)18/h3-5,9,13H,6H2,1-2H3,(H,15,16). The second kappa shape index (κ2) is 3.97. The molecule has 0 radical (unpaired) electrons. The van der Waals surface area contributed by atoms with Gasteiger partial charge in [-0.05, 0) is 17.9 Å². The Kier molecular flexibility index (Phi) is 2.73. The number of benzene rings is 1. The van der Waals surface area contributed by atoms with Crippen molar-refractivity contribution < 1.29 is 14.8 Å². The van der Waals surface area contributed by atoms with Crippen molar-refractivity contribution in [2.75, 3.05) is 5.32 Å². The van der Waals surface area contributed by atoms with Gasteiger partial charge in [0.2, 0.25) is 0 Å². The highest BCUT2D eigenvalue weighted by Gasteiger charge is 2.46. The molecule has 0 spiro atoms. The maximum absolute atomic E-state index is 11.1. The largest absolute Gasteiger partial charge is 0.478 e. The Labute approximate surface area is 104 Å². The number of para-hydroxylation sites is 1. The number of carbonyl (C=O) groups is 1. The summed E-state index contributed by atoms with van der Waals surface area (Å²) in [5.41, 5.74) is -0.102. The predicted molar refractivity (Wildman–Crippen MR) is 65.9 cm³/mol. The number of hydrogen-bond donors (Lipinski definition) is 2. The summed E-state index contributed by atoms with van der Waals surface area (Å²) in [6.07, 6.45) is 0.873. The van der Waals surface area contributed by atoms with Gasteiger partial charge >= 0.3 is 5.97 Å². The normalized spacial score (nSPS) is 20.2. The van der Waals surface area contributed by atoms with E-state index in [1.54, 1.807) is 0 Å². The third-order valence-electron chi connectivity index (χ3n) is 3.30. The molecule has 1 atom stereocenters. The number of carboxylic acid groups (broad SMARTS) is 1. The van der Waals surface area contributed by atoms with Gasteiger partial charge in [-0.15, -0.1) is 0 Å². The van der Waals surface area contributed by atoms with Gasteiger partial charge in [-0.25, -0.2) is 4.79 Å². The van der Waals surface area contributed by atoms with Crippen LogP contribution in [0.5, 0.6) is 0 Å². The van der Waals surface area contributed by atoms with Crippen molar-refractivity contribution in [2.24, 2.45) is 5.41 Å². The van der Waals surface area contributed by atoms with Crippen LogP contribution in [0.3, 0.4) is 0 Å². The fourth-order valence-corrected chi connectivity index (χ4v) is 1.91. The van der Waals surface area contributed by atoms with E-state index < -0.39 is 10.9 Å². The zero-order valence-corrected chi connectivity index (χ0v) is 10.1. The van der Waals surface area contributed by atoms with E-state index in [9.17, 15) is 14.9 Å². The molecule has 0 bridgehead atoms. The first-order valence-corrected chi connectivity index (χ1v) is 5.60. The first-order valence-electron chi connectivity index (χ1n) is 5.60. The van der Waals surface area contributed by atoms with E-state index in [4.69, 9.17) is 5.11 Å². The fraction of sp³-hybridized carbons (Fsp3) is 0.417. The lowest BCUT2D eigenvalue weighted by Gasteiger charge is -2.11. The van der Waals surface area contributed by atoms with Crippen LogP contribution in [0.2, 0.25) is 0 Å². The van der Waals surface area contributed by atoms with Crippen LogP contribution < -0.4 is 5.32 Å². The fourth-order valence-electron chi connectivity index (χ4n) is 1.91. The summed E-state index contributed by atoms with van der Waals surface area (Å²) in [5.74, 6) is -1.17. The van der Waals surface area contributed by atoms with Crippen molar-refractivity contribution in [2.45, 2.75) is 26.3 Å². The summed E-state index contributed by atoms with van der Waals surface area (Å²) in [5, 5.41) is 23.0. The van der Waals surface area contributed by atoms with Crippen LogP contribution in [-0.2, 0) is 0 Å². The lowest BCUT2D eigenvalue weighted by Crippen LogP contribution is -2.13. The highest BCUT2D eigenvalue weighted by Crippen LogP contribution is 2.47. The zero-order valence-electron chi connectivity index (χ0n) is 10.1. The first-order chi connectivity index (χ1) is 8.33. The van der Waals surface area contributed by atoms with E-state index in [-0.39, 0.29) is 28.4 Å². The van der Waals surface area contributed by atoms with E-state index in [2.05, 4.69) is 5.32 Å². The number of aromatic carboxylic acids is 1. The van der Waals surface area contributed by atoms with Crippen LogP contribution in [0.4, 0.5) is 11.4 Å². The minimum absolute atomic E-state index is 0.0550. The maximum atomic E-state index is 11.1. The smallest absolute Gasteiger partial charge is 0.338 e.